The molecule has 0 unspecified atom stereocenters. The van der Waals surface area contributed by atoms with Gasteiger partial charge in [0.2, 0.25) is 0 Å². The standard InChI is InChI=1S/C26H27NO7/c1-31-20-10-8-18(9-11-20)15-27(16-19-6-4-5-7-23(19)33-3)25(28)17-34-24-14-21(32-2)12-13-22(24)26(29)30/h4-14H,15-17H2,1-3H3,(H,29,30). The summed E-state index contributed by atoms with van der Waals surface area (Å²) in [4.78, 5) is 26.4. The van der Waals surface area contributed by atoms with E-state index in [0.29, 0.717) is 23.8 Å². The van der Waals surface area contributed by atoms with Gasteiger partial charge in [0.15, 0.2) is 6.61 Å². The summed E-state index contributed by atoms with van der Waals surface area (Å²) in [7, 11) is 4.64. The number of nitrogens with zero attached hydrogens (tertiary/aromatic N) is 1. The Morgan fingerprint density at radius 1 is 0.794 bits per heavy atom. The lowest BCUT2D eigenvalue weighted by Crippen LogP contribution is -2.34. The third kappa shape index (κ3) is 6.19. The second-order valence-corrected chi connectivity index (χ2v) is 7.37. The van der Waals surface area contributed by atoms with Crippen LogP contribution in [-0.4, -0.2) is 49.8 Å². The van der Waals surface area contributed by atoms with Gasteiger partial charge in [-0.25, -0.2) is 4.79 Å². The van der Waals surface area contributed by atoms with E-state index in [9.17, 15) is 14.7 Å². The predicted octanol–water partition coefficient (Wildman–Crippen LogP) is 4.02. The topological polar surface area (TPSA) is 94.5 Å². The van der Waals surface area contributed by atoms with Crippen LogP contribution in [0.2, 0.25) is 0 Å². The Hall–Kier alpha value is -4.20. The van der Waals surface area contributed by atoms with E-state index in [2.05, 4.69) is 0 Å². The van der Waals surface area contributed by atoms with Gasteiger partial charge < -0.3 is 29.0 Å². The average Bonchev–Trinajstić information content (AvgIpc) is 2.87. The SMILES string of the molecule is COc1ccc(CN(Cc2ccccc2OC)C(=O)COc2cc(OC)ccc2C(=O)O)cc1. The molecular formula is C26H27NO7. The highest BCUT2D eigenvalue weighted by Crippen LogP contribution is 2.26. The van der Waals surface area contributed by atoms with Crippen molar-refractivity contribution >= 4 is 11.9 Å². The molecule has 0 saturated heterocycles. The number of carboxylic acids is 1. The molecule has 1 N–H and O–H groups in total. The molecule has 0 fully saturated rings. The molecule has 0 heterocycles. The van der Waals surface area contributed by atoms with Gasteiger partial charge >= 0.3 is 5.97 Å². The zero-order valence-electron chi connectivity index (χ0n) is 19.3. The van der Waals surface area contributed by atoms with E-state index in [-0.39, 0.29) is 30.4 Å². The summed E-state index contributed by atoms with van der Waals surface area (Å²) in [6.07, 6.45) is 0. The van der Waals surface area contributed by atoms with Gasteiger partial charge in [-0.3, -0.25) is 4.79 Å². The van der Waals surface area contributed by atoms with E-state index in [1.807, 2.05) is 48.5 Å². The number of aromatic carboxylic acids is 1. The molecule has 0 aliphatic heterocycles. The van der Waals surface area contributed by atoms with Crippen LogP contribution in [0, 0.1) is 0 Å². The number of carbonyl (C=O) groups excluding carboxylic acids is 1. The number of hydrogen-bond acceptors (Lipinski definition) is 6. The van der Waals surface area contributed by atoms with E-state index in [1.54, 1.807) is 19.1 Å². The van der Waals surface area contributed by atoms with Crippen LogP contribution in [0.5, 0.6) is 23.0 Å². The summed E-state index contributed by atoms with van der Waals surface area (Å²) >= 11 is 0. The number of carbonyl (C=O) groups is 2. The molecule has 0 radical (unpaired) electrons. The smallest absolute Gasteiger partial charge is 0.339 e. The number of hydrogen-bond donors (Lipinski definition) is 1. The first kappa shape index (κ1) is 24.4. The van der Waals surface area contributed by atoms with Crippen molar-refractivity contribution in [3.63, 3.8) is 0 Å². The number of ether oxygens (including phenoxy) is 4. The van der Waals surface area contributed by atoms with Crippen LogP contribution in [0.15, 0.2) is 66.7 Å². The molecule has 0 bridgehead atoms. The minimum absolute atomic E-state index is 0.0555. The lowest BCUT2D eigenvalue weighted by atomic mass is 10.1. The molecule has 0 saturated carbocycles. The number of benzene rings is 3. The maximum atomic E-state index is 13.2. The number of rotatable bonds is 11. The normalized spacial score (nSPS) is 10.3. The Labute approximate surface area is 198 Å². The lowest BCUT2D eigenvalue weighted by molar-refractivity contribution is -0.134. The van der Waals surface area contributed by atoms with Crippen molar-refractivity contribution in [1.29, 1.82) is 0 Å². The summed E-state index contributed by atoms with van der Waals surface area (Å²) in [6, 6.07) is 19.2. The van der Waals surface area contributed by atoms with Crippen LogP contribution in [0.25, 0.3) is 0 Å². The summed E-state index contributed by atoms with van der Waals surface area (Å²) in [5.74, 6) is 0.388. The number of amides is 1. The first-order valence-electron chi connectivity index (χ1n) is 10.5. The zero-order valence-corrected chi connectivity index (χ0v) is 19.3. The molecule has 8 heteroatoms. The Morgan fingerprint density at radius 3 is 2.12 bits per heavy atom. The van der Waals surface area contributed by atoms with Crippen LogP contribution in [-0.2, 0) is 17.9 Å². The summed E-state index contributed by atoms with van der Waals surface area (Å²) in [5.41, 5.74) is 1.68. The fraction of sp³-hybridized carbons (Fsp3) is 0.231. The molecule has 3 rings (SSSR count). The van der Waals surface area contributed by atoms with Crippen molar-refractivity contribution in [1.82, 2.24) is 4.90 Å². The maximum Gasteiger partial charge on any atom is 0.339 e. The van der Waals surface area contributed by atoms with Gasteiger partial charge in [0.25, 0.3) is 5.91 Å². The van der Waals surface area contributed by atoms with Crippen molar-refractivity contribution < 1.29 is 33.6 Å². The molecule has 3 aromatic rings. The number of para-hydroxylation sites is 1. The summed E-state index contributed by atoms with van der Waals surface area (Å²) < 4.78 is 21.5. The van der Waals surface area contributed by atoms with Crippen LogP contribution in [0.4, 0.5) is 0 Å². The minimum atomic E-state index is -1.16. The van der Waals surface area contributed by atoms with E-state index >= 15 is 0 Å². The fourth-order valence-electron chi connectivity index (χ4n) is 3.38. The summed E-state index contributed by atoms with van der Waals surface area (Å²) in [5, 5.41) is 9.45. The van der Waals surface area contributed by atoms with Gasteiger partial charge in [0, 0.05) is 24.7 Å². The van der Waals surface area contributed by atoms with E-state index in [0.717, 1.165) is 11.1 Å². The van der Waals surface area contributed by atoms with Crippen molar-refractivity contribution in [3.05, 3.63) is 83.4 Å². The first-order valence-corrected chi connectivity index (χ1v) is 10.5. The highest BCUT2D eigenvalue weighted by Gasteiger charge is 2.20. The minimum Gasteiger partial charge on any atom is -0.497 e. The van der Waals surface area contributed by atoms with Gasteiger partial charge in [-0.1, -0.05) is 30.3 Å². The maximum absolute atomic E-state index is 13.2. The van der Waals surface area contributed by atoms with Crippen LogP contribution in [0.1, 0.15) is 21.5 Å². The monoisotopic (exact) mass is 465 g/mol. The van der Waals surface area contributed by atoms with Crippen molar-refractivity contribution in [2.45, 2.75) is 13.1 Å². The van der Waals surface area contributed by atoms with Crippen molar-refractivity contribution in [3.8, 4) is 23.0 Å². The molecular weight excluding hydrogens is 438 g/mol. The molecule has 0 atom stereocenters. The quantitative estimate of drug-likeness (QED) is 0.457. The molecule has 0 aliphatic carbocycles. The van der Waals surface area contributed by atoms with Crippen molar-refractivity contribution in [2.75, 3.05) is 27.9 Å². The largest absolute Gasteiger partial charge is 0.497 e. The molecule has 1 amide bonds. The Balaban J connectivity index is 1.83. The second kappa shape index (κ2) is 11.6. The number of carboxylic acid groups (broad SMARTS) is 1. The summed E-state index contributed by atoms with van der Waals surface area (Å²) in [6.45, 7) is 0.245. The van der Waals surface area contributed by atoms with Crippen LogP contribution in [0.3, 0.4) is 0 Å². The molecule has 0 spiro atoms. The molecule has 0 aromatic heterocycles. The Morgan fingerprint density at radius 2 is 1.47 bits per heavy atom. The van der Waals surface area contributed by atoms with Gasteiger partial charge in [-0.05, 0) is 35.9 Å². The molecule has 3 aromatic carbocycles. The van der Waals surface area contributed by atoms with Crippen LogP contribution < -0.4 is 18.9 Å². The number of methoxy groups -OCH3 is 3. The lowest BCUT2D eigenvalue weighted by Gasteiger charge is -2.24. The third-order valence-electron chi connectivity index (χ3n) is 5.21. The van der Waals surface area contributed by atoms with E-state index < -0.39 is 5.97 Å². The Bertz CT molecular complexity index is 1130. The predicted molar refractivity (Wildman–Crippen MR) is 126 cm³/mol. The van der Waals surface area contributed by atoms with Crippen LogP contribution >= 0.6 is 0 Å². The molecule has 34 heavy (non-hydrogen) atoms. The Kier molecular flexibility index (Phi) is 8.34. The average molecular weight is 466 g/mol. The third-order valence-corrected chi connectivity index (χ3v) is 5.21. The van der Waals surface area contributed by atoms with Gasteiger partial charge in [-0.15, -0.1) is 0 Å². The highest BCUT2D eigenvalue weighted by atomic mass is 16.5. The van der Waals surface area contributed by atoms with Gasteiger partial charge in [-0.2, -0.15) is 0 Å². The molecule has 178 valence electrons. The molecule has 8 nitrogen and oxygen atoms in total. The van der Waals surface area contributed by atoms with Gasteiger partial charge in [0.05, 0.1) is 21.3 Å². The van der Waals surface area contributed by atoms with E-state index in [4.69, 9.17) is 18.9 Å². The van der Waals surface area contributed by atoms with Gasteiger partial charge in [0.1, 0.15) is 28.6 Å². The van der Waals surface area contributed by atoms with Crippen molar-refractivity contribution in [2.24, 2.45) is 0 Å². The fourth-order valence-corrected chi connectivity index (χ4v) is 3.38. The first-order chi connectivity index (χ1) is 16.4. The van der Waals surface area contributed by atoms with E-state index in [1.165, 1.54) is 25.3 Å². The second-order valence-electron chi connectivity index (χ2n) is 7.37. The zero-order chi connectivity index (χ0) is 24.5. The molecule has 0 aliphatic rings. The highest BCUT2D eigenvalue weighted by molar-refractivity contribution is 5.91.